The molecule has 0 saturated carbocycles. The summed E-state index contributed by atoms with van der Waals surface area (Å²) in [7, 11) is -3.67. The van der Waals surface area contributed by atoms with E-state index >= 15 is 0 Å². The summed E-state index contributed by atoms with van der Waals surface area (Å²) in [6, 6.07) is 7.71. The first kappa shape index (κ1) is 16.7. The summed E-state index contributed by atoms with van der Waals surface area (Å²) in [5, 5.41) is 0. The van der Waals surface area contributed by atoms with Gasteiger partial charge in [-0.2, -0.15) is 0 Å². The van der Waals surface area contributed by atoms with Crippen LogP contribution in [0.15, 0.2) is 24.3 Å². The van der Waals surface area contributed by atoms with Gasteiger partial charge in [-0.25, -0.2) is 0 Å². The zero-order valence-corrected chi connectivity index (χ0v) is 11.1. The van der Waals surface area contributed by atoms with Gasteiger partial charge in [-0.05, 0) is 0 Å². The summed E-state index contributed by atoms with van der Waals surface area (Å²) >= 11 is 0. The smallest absolute Gasteiger partial charge is 0.366 e. The second-order valence-corrected chi connectivity index (χ2v) is 2.19. The van der Waals surface area contributed by atoms with Gasteiger partial charge in [0.2, 0.25) is 0 Å². The predicted octanol–water partition coefficient (Wildman–Crippen LogP) is -0.183. The Hall–Kier alpha value is 0.271. The van der Waals surface area contributed by atoms with Gasteiger partial charge in [0.1, 0.15) is 0 Å². The quantitative estimate of drug-likeness (QED) is 0.324. The third kappa shape index (κ3) is 8.85. The van der Waals surface area contributed by atoms with Gasteiger partial charge in [0.15, 0.2) is 0 Å². The summed E-state index contributed by atoms with van der Waals surface area (Å²) in [6.07, 6.45) is 6.83. The van der Waals surface area contributed by atoms with Gasteiger partial charge in [0.25, 0.3) is 0 Å². The molecular formula is C9H7BF3K. The minimum Gasteiger partial charge on any atom is -0.366 e. The fourth-order valence-corrected chi connectivity index (χ4v) is 0.713. The Bertz CT molecular complexity index is 294. The fourth-order valence-electron chi connectivity index (χ4n) is 0.713. The Labute approximate surface area is 125 Å². The van der Waals surface area contributed by atoms with Gasteiger partial charge >= 0.3 is 58.9 Å². The molecule has 14 heavy (non-hydrogen) atoms. The van der Waals surface area contributed by atoms with E-state index in [2.05, 4.69) is 5.92 Å². The molecule has 0 aliphatic heterocycles. The van der Waals surface area contributed by atoms with Gasteiger partial charge in [-0.3, -0.25) is 18.9 Å². The summed E-state index contributed by atoms with van der Waals surface area (Å²) in [4.78, 5) is 0. The van der Waals surface area contributed by atoms with Crippen LogP contribution in [-0.4, -0.2) is 7.54 Å². The van der Waals surface area contributed by atoms with Crippen LogP contribution in [0.4, 0.5) is 12.9 Å². The second-order valence-electron chi connectivity index (χ2n) is 2.19. The van der Waals surface area contributed by atoms with Crippen LogP contribution in [0.3, 0.4) is 0 Å². The van der Waals surface area contributed by atoms with Crippen LogP contribution < -0.4 is 51.4 Å². The SMILES string of the molecule is FB(F)F.[C-]#Cc1ccccc1C.[K+]. The Morgan fingerprint density at radius 2 is 1.64 bits per heavy atom. The van der Waals surface area contributed by atoms with E-state index in [0.29, 0.717) is 0 Å². The molecule has 0 spiro atoms. The maximum atomic E-state index is 9.67. The molecule has 0 bridgehead atoms. The molecule has 0 amide bonds. The van der Waals surface area contributed by atoms with Crippen molar-refractivity contribution in [2.24, 2.45) is 0 Å². The van der Waals surface area contributed by atoms with E-state index in [1.807, 2.05) is 31.2 Å². The predicted molar refractivity (Wildman–Crippen MR) is 46.5 cm³/mol. The standard InChI is InChI=1S/C9H7.BF3.K/c1-3-9-7-5-4-6-8(9)2;2-1(3)4;/h4-7H,2H3;;/q-1;;+1. The molecule has 1 rings (SSSR count). The number of rotatable bonds is 0. The van der Waals surface area contributed by atoms with Crippen LogP contribution in [0.1, 0.15) is 11.1 Å². The summed E-state index contributed by atoms with van der Waals surface area (Å²) in [6.45, 7) is 1.97. The second kappa shape index (κ2) is 9.81. The van der Waals surface area contributed by atoms with Crippen molar-refractivity contribution in [2.75, 3.05) is 0 Å². The van der Waals surface area contributed by atoms with Gasteiger partial charge in [-0.15, -0.1) is 17.2 Å². The Balaban J connectivity index is 0. The van der Waals surface area contributed by atoms with Gasteiger partial charge in [0.05, 0.1) is 0 Å². The molecular weight excluding hydrogens is 215 g/mol. The molecule has 0 nitrogen and oxygen atoms in total. The van der Waals surface area contributed by atoms with E-state index in [4.69, 9.17) is 6.42 Å². The van der Waals surface area contributed by atoms with Crippen molar-refractivity contribution in [3.05, 3.63) is 41.8 Å². The molecule has 68 valence electrons. The number of aryl methyl sites for hydroxylation is 1. The first-order valence-corrected chi connectivity index (χ1v) is 3.48. The van der Waals surface area contributed by atoms with Gasteiger partial charge < -0.3 is 6.42 Å². The van der Waals surface area contributed by atoms with Crippen molar-refractivity contribution in [2.45, 2.75) is 6.92 Å². The van der Waals surface area contributed by atoms with E-state index in [0.717, 1.165) is 11.1 Å². The Morgan fingerprint density at radius 1 is 1.21 bits per heavy atom. The summed E-state index contributed by atoms with van der Waals surface area (Å²) in [5.74, 6) is 2.35. The Morgan fingerprint density at radius 3 is 1.93 bits per heavy atom. The molecule has 0 radical (unpaired) electrons. The largest absolute Gasteiger partial charge is 1.00 e. The minimum absolute atomic E-state index is 0. The summed E-state index contributed by atoms with van der Waals surface area (Å²) < 4.78 is 29.0. The van der Waals surface area contributed by atoms with E-state index in [1.54, 1.807) is 0 Å². The van der Waals surface area contributed by atoms with Crippen molar-refractivity contribution in [3.8, 4) is 5.92 Å². The monoisotopic (exact) mass is 222 g/mol. The van der Waals surface area contributed by atoms with Crippen LogP contribution >= 0.6 is 0 Å². The van der Waals surface area contributed by atoms with E-state index < -0.39 is 7.54 Å². The number of halogens is 3. The zero-order valence-electron chi connectivity index (χ0n) is 8.02. The van der Waals surface area contributed by atoms with Crippen molar-refractivity contribution in [3.63, 3.8) is 0 Å². The average molecular weight is 222 g/mol. The van der Waals surface area contributed by atoms with Crippen molar-refractivity contribution in [1.29, 1.82) is 0 Å². The molecule has 0 fully saturated rings. The van der Waals surface area contributed by atoms with Crippen LogP contribution in [0.25, 0.3) is 0 Å². The molecule has 0 aliphatic rings. The third-order valence-corrected chi connectivity index (χ3v) is 1.28. The maximum Gasteiger partial charge on any atom is 1.00 e. The third-order valence-electron chi connectivity index (χ3n) is 1.28. The Kier molecular flexibility index (Phi) is 11.7. The molecule has 0 atom stereocenters. The van der Waals surface area contributed by atoms with Crippen molar-refractivity contribution in [1.82, 2.24) is 0 Å². The number of hydrogen-bond donors (Lipinski definition) is 0. The zero-order chi connectivity index (χ0) is 10.3. The average Bonchev–Trinajstić information content (AvgIpc) is 2.04. The van der Waals surface area contributed by atoms with Crippen LogP contribution in [-0.2, 0) is 0 Å². The topological polar surface area (TPSA) is 0 Å². The molecule has 0 N–H and O–H groups in total. The van der Waals surface area contributed by atoms with Gasteiger partial charge in [0, 0.05) is 0 Å². The number of benzene rings is 1. The van der Waals surface area contributed by atoms with E-state index in [1.165, 1.54) is 0 Å². The van der Waals surface area contributed by atoms with Crippen LogP contribution in [0.2, 0.25) is 0 Å². The van der Waals surface area contributed by atoms with Gasteiger partial charge in [-0.1, -0.05) is 25.1 Å². The number of hydrogen-bond acceptors (Lipinski definition) is 0. The van der Waals surface area contributed by atoms with Crippen molar-refractivity contribution < 1.29 is 64.3 Å². The molecule has 0 unspecified atom stereocenters. The molecule has 5 heteroatoms. The molecule has 1 aromatic rings. The van der Waals surface area contributed by atoms with Crippen LogP contribution in [0, 0.1) is 19.3 Å². The molecule has 0 saturated heterocycles. The summed E-state index contributed by atoms with van der Waals surface area (Å²) in [5.41, 5.74) is 1.98. The molecule has 1 aromatic carbocycles. The van der Waals surface area contributed by atoms with Crippen molar-refractivity contribution >= 4 is 7.54 Å². The molecule has 0 heterocycles. The van der Waals surface area contributed by atoms with Crippen LogP contribution in [0.5, 0.6) is 0 Å². The minimum atomic E-state index is -3.67. The fraction of sp³-hybridized carbons (Fsp3) is 0.111. The first-order chi connectivity index (χ1) is 6.07. The van der Waals surface area contributed by atoms with E-state index in [9.17, 15) is 12.9 Å². The first-order valence-electron chi connectivity index (χ1n) is 3.48. The molecule has 0 aliphatic carbocycles. The normalized spacial score (nSPS) is 7.36. The van der Waals surface area contributed by atoms with E-state index in [-0.39, 0.29) is 51.4 Å². The molecule has 0 aromatic heterocycles. The maximum absolute atomic E-state index is 9.67.